The molecule has 212 valence electrons. The monoisotopic (exact) mass is 539 g/mol. The number of hydrogen-bond acceptors (Lipinski definition) is 8. The Labute approximate surface area is 229 Å². The molecule has 1 aromatic heterocycles. The Morgan fingerprint density at radius 3 is 2.33 bits per heavy atom. The first-order valence-electron chi connectivity index (χ1n) is 13.5. The molecule has 0 unspecified atom stereocenters. The standard InChI is InChI=1S/C27H41N9O3/c1-18(28)20-8-11-33(12-9-20)16-19-4-6-21(7-5-19)35-13-10-23(32-26(35)39)31-25(38)34-14-15-36(22(29)17-34)24(37)27(2,3)30/h4-7,10,13,18,20,22H,8-9,11-12,14-17,28-30H2,1-3H3,(H,31,32,38,39)/t18-,22-/m0/s1. The van der Waals surface area contributed by atoms with Gasteiger partial charge in [0.25, 0.3) is 0 Å². The molecule has 3 amide bonds. The third-order valence-corrected chi connectivity index (χ3v) is 7.55. The van der Waals surface area contributed by atoms with Crippen LogP contribution in [0.2, 0.25) is 0 Å². The fourth-order valence-corrected chi connectivity index (χ4v) is 5.13. The van der Waals surface area contributed by atoms with Crippen molar-refractivity contribution in [2.75, 3.05) is 38.0 Å². The smallest absolute Gasteiger partial charge is 0.328 e. The zero-order chi connectivity index (χ0) is 28.3. The van der Waals surface area contributed by atoms with Gasteiger partial charge in [0.15, 0.2) is 0 Å². The molecule has 2 fully saturated rings. The maximum absolute atomic E-state index is 12.8. The average molecular weight is 540 g/mol. The van der Waals surface area contributed by atoms with Crippen molar-refractivity contribution in [1.29, 1.82) is 0 Å². The van der Waals surface area contributed by atoms with Gasteiger partial charge in [-0.15, -0.1) is 0 Å². The Balaban J connectivity index is 1.32. The van der Waals surface area contributed by atoms with Gasteiger partial charge in [-0.1, -0.05) is 12.1 Å². The third kappa shape index (κ3) is 7.01. The van der Waals surface area contributed by atoms with Gasteiger partial charge in [0.1, 0.15) is 5.82 Å². The highest BCUT2D eigenvalue weighted by atomic mass is 16.2. The largest absolute Gasteiger partial charge is 0.354 e. The van der Waals surface area contributed by atoms with Crippen LogP contribution in [0.4, 0.5) is 10.6 Å². The molecule has 0 bridgehead atoms. The fourth-order valence-electron chi connectivity index (χ4n) is 5.13. The van der Waals surface area contributed by atoms with E-state index in [0.717, 1.165) is 32.5 Å². The van der Waals surface area contributed by atoms with E-state index in [1.165, 1.54) is 19.9 Å². The van der Waals surface area contributed by atoms with Crippen LogP contribution in [0.1, 0.15) is 39.2 Å². The van der Waals surface area contributed by atoms with Crippen molar-refractivity contribution < 1.29 is 9.59 Å². The Hall–Kier alpha value is -3.32. The maximum Gasteiger partial charge on any atom is 0.354 e. The number of carbonyl (C=O) groups excluding carboxylic acids is 2. The van der Waals surface area contributed by atoms with Crippen LogP contribution in [-0.4, -0.2) is 86.7 Å². The molecule has 39 heavy (non-hydrogen) atoms. The van der Waals surface area contributed by atoms with Crippen molar-refractivity contribution in [1.82, 2.24) is 24.3 Å². The number of rotatable bonds is 6. The van der Waals surface area contributed by atoms with E-state index < -0.39 is 23.4 Å². The molecule has 12 heteroatoms. The number of benzene rings is 1. The number of piperazine rings is 1. The molecule has 1 aromatic carbocycles. The van der Waals surface area contributed by atoms with Crippen LogP contribution in [0, 0.1) is 5.92 Å². The molecule has 2 aliphatic heterocycles. The van der Waals surface area contributed by atoms with Gasteiger partial charge < -0.3 is 27.0 Å². The number of piperidine rings is 1. The van der Waals surface area contributed by atoms with Crippen LogP contribution in [0.3, 0.4) is 0 Å². The highest BCUT2D eigenvalue weighted by molar-refractivity contribution is 5.89. The molecule has 12 nitrogen and oxygen atoms in total. The quantitative estimate of drug-likeness (QED) is 0.411. The molecule has 2 aromatic rings. The van der Waals surface area contributed by atoms with Crippen LogP contribution in [0.15, 0.2) is 41.3 Å². The van der Waals surface area contributed by atoms with Crippen LogP contribution in [0.25, 0.3) is 5.69 Å². The number of nitrogens with one attached hydrogen (secondary N) is 1. The predicted molar refractivity (Wildman–Crippen MR) is 150 cm³/mol. The summed E-state index contributed by atoms with van der Waals surface area (Å²) in [6.45, 7) is 8.96. The second-order valence-electron chi connectivity index (χ2n) is 11.3. The van der Waals surface area contributed by atoms with E-state index in [-0.39, 0.29) is 37.4 Å². The Morgan fingerprint density at radius 1 is 1.10 bits per heavy atom. The summed E-state index contributed by atoms with van der Waals surface area (Å²) in [7, 11) is 0. The number of urea groups is 1. The summed E-state index contributed by atoms with van der Waals surface area (Å²) < 4.78 is 1.43. The van der Waals surface area contributed by atoms with E-state index in [1.807, 2.05) is 24.3 Å². The second kappa shape index (κ2) is 11.8. The summed E-state index contributed by atoms with van der Waals surface area (Å²) in [4.78, 5) is 47.4. The van der Waals surface area contributed by atoms with Gasteiger partial charge in [0, 0.05) is 31.9 Å². The molecule has 0 saturated carbocycles. The van der Waals surface area contributed by atoms with Crippen molar-refractivity contribution in [3.8, 4) is 5.69 Å². The van der Waals surface area contributed by atoms with E-state index in [2.05, 4.69) is 22.1 Å². The van der Waals surface area contributed by atoms with Gasteiger partial charge in [0.2, 0.25) is 5.91 Å². The number of amides is 3. The molecule has 7 N–H and O–H groups in total. The Kier molecular flexibility index (Phi) is 8.70. The molecule has 3 heterocycles. The van der Waals surface area contributed by atoms with E-state index in [0.29, 0.717) is 11.6 Å². The van der Waals surface area contributed by atoms with Crippen molar-refractivity contribution >= 4 is 17.8 Å². The zero-order valence-corrected chi connectivity index (χ0v) is 23.0. The molecular formula is C27H41N9O3. The lowest BCUT2D eigenvalue weighted by molar-refractivity contribution is -0.140. The number of likely N-dealkylation sites (tertiary alicyclic amines) is 1. The van der Waals surface area contributed by atoms with Crippen LogP contribution in [0.5, 0.6) is 0 Å². The van der Waals surface area contributed by atoms with Gasteiger partial charge in [-0.05, 0) is 76.4 Å². The summed E-state index contributed by atoms with van der Waals surface area (Å²) in [6, 6.07) is 9.22. The molecule has 2 atom stereocenters. The highest BCUT2D eigenvalue weighted by Crippen LogP contribution is 2.21. The molecule has 0 spiro atoms. The Morgan fingerprint density at radius 2 is 1.77 bits per heavy atom. The van der Waals surface area contributed by atoms with Gasteiger partial charge in [-0.2, -0.15) is 4.98 Å². The zero-order valence-electron chi connectivity index (χ0n) is 23.0. The van der Waals surface area contributed by atoms with E-state index in [1.54, 1.807) is 26.1 Å². The SMILES string of the molecule is C[C@H](N)C1CCN(Cc2ccc(-n3ccc(NC(=O)N4CCN(C(=O)C(C)(C)N)[C@H](N)C4)nc3=O)cc2)CC1. The van der Waals surface area contributed by atoms with Crippen molar-refractivity contribution in [3.63, 3.8) is 0 Å². The maximum atomic E-state index is 12.8. The van der Waals surface area contributed by atoms with E-state index >= 15 is 0 Å². The van der Waals surface area contributed by atoms with Gasteiger partial charge in [0.05, 0.1) is 23.9 Å². The number of anilines is 1. The number of carbonyl (C=O) groups is 2. The van der Waals surface area contributed by atoms with Crippen molar-refractivity contribution in [2.45, 2.75) is 57.9 Å². The first-order chi connectivity index (χ1) is 18.4. The lowest BCUT2D eigenvalue weighted by Gasteiger charge is -2.41. The number of nitrogens with zero attached hydrogens (tertiary/aromatic N) is 5. The Bertz CT molecular complexity index is 1210. The van der Waals surface area contributed by atoms with E-state index in [9.17, 15) is 14.4 Å². The first-order valence-corrected chi connectivity index (χ1v) is 13.5. The molecule has 0 radical (unpaired) electrons. The normalized spacial score (nSPS) is 20.1. The van der Waals surface area contributed by atoms with Gasteiger partial charge >= 0.3 is 11.7 Å². The summed E-state index contributed by atoms with van der Waals surface area (Å²) >= 11 is 0. The lowest BCUT2D eigenvalue weighted by atomic mass is 9.91. The number of aromatic nitrogens is 2. The minimum atomic E-state index is -1.04. The minimum absolute atomic E-state index is 0.140. The van der Waals surface area contributed by atoms with Crippen molar-refractivity contribution in [2.24, 2.45) is 23.1 Å². The van der Waals surface area contributed by atoms with Crippen LogP contribution < -0.4 is 28.2 Å². The highest BCUT2D eigenvalue weighted by Gasteiger charge is 2.35. The van der Waals surface area contributed by atoms with Crippen molar-refractivity contribution in [3.05, 3.63) is 52.6 Å². The number of hydrogen-bond donors (Lipinski definition) is 4. The molecular weight excluding hydrogens is 498 g/mol. The molecule has 2 saturated heterocycles. The summed E-state index contributed by atoms with van der Waals surface area (Å²) in [5.41, 5.74) is 18.4. The summed E-state index contributed by atoms with van der Waals surface area (Å²) in [6.07, 6.45) is 3.15. The number of nitrogens with two attached hydrogens (primary N) is 3. The minimum Gasteiger partial charge on any atom is -0.328 e. The van der Waals surface area contributed by atoms with Crippen LogP contribution in [-0.2, 0) is 11.3 Å². The first kappa shape index (κ1) is 28.7. The molecule has 0 aliphatic carbocycles. The summed E-state index contributed by atoms with van der Waals surface area (Å²) in [5, 5.41) is 2.66. The third-order valence-electron chi connectivity index (χ3n) is 7.55. The lowest BCUT2D eigenvalue weighted by Crippen LogP contribution is -2.65. The average Bonchev–Trinajstić information content (AvgIpc) is 2.89. The van der Waals surface area contributed by atoms with Gasteiger partial charge in [-0.25, -0.2) is 9.59 Å². The topological polar surface area (TPSA) is 169 Å². The predicted octanol–water partition coefficient (Wildman–Crippen LogP) is 0.490. The second-order valence-corrected chi connectivity index (χ2v) is 11.3. The molecule has 4 rings (SSSR count). The van der Waals surface area contributed by atoms with E-state index in [4.69, 9.17) is 17.2 Å². The fraction of sp³-hybridized carbons (Fsp3) is 0.556. The van der Waals surface area contributed by atoms with Gasteiger partial charge in [-0.3, -0.25) is 19.6 Å². The van der Waals surface area contributed by atoms with Crippen LogP contribution >= 0.6 is 0 Å². The summed E-state index contributed by atoms with van der Waals surface area (Å²) in [5.74, 6) is 0.469. The molecule has 2 aliphatic rings.